The molecule has 0 radical (unpaired) electrons. The van der Waals surface area contributed by atoms with Crippen molar-refractivity contribution in [2.24, 2.45) is 0 Å². The number of rotatable bonds is 8. The second kappa shape index (κ2) is 21.0. The highest BCUT2D eigenvalue weighted by atomic mass is 16.5. The van der Waals surface area contributed by atoms with Crippen LogP contribution >= 0.6 is 0 Å². The van der Waals surface area contributed by atoms with Gasteiger partial charge in [0, 0.05) is 73.9 Å². The van der Waals surface area contributed by atoms with E-state index >= 15 is 0 Å². The molecule has 0 saturated carbocycles. The minimum atomic E-state index is -0.145. The summed E-state index contributed by atoms with van der Waals surface area (Å²) in [7, 11) is 2.03. The molecule has 8 heterocycles. The Morgan fingerprint density at radius 2 is 0.914 bits per heavy atom. The van der Waals surface area contributed by atoms with Crippen molar-refractivity contribution in [3.05, 3.63) is 157 Å². The number of morpholine rings is 1. The summed E-state index contributed by atoms with van der Waals surface area (Å²) in [5.41, 5.74) is 9.52. The van der Waals surface area contributed by atoms with E-state index in [0.29, 0.717) is 80.5 Å². The van der Waals surface area contributed by atoms with E-state index in [4.69, 9.17) is 4.74 Å². The van der Waals surface area contributed by atoms with E-state index in [9.17, 15) is 14.4 Å². The largest absolute Gasteiger partial charge is 0.378 e. The number of fused-ring (bicyclic) bond motifs is 3. The predicted octanol–water partition coefficient (Wildman–Crippen LogP) is 8.16. The van der Waals surface area contributed by atoms with Gasteiger partial charge in [0.15, 0.2) is 17.5 Å². The van der Waals surface area contributed by atoms with Gasteiger partial charge >= 0.3 is 0 Å². The maximum Gasteiger partial charge on any atom is 0.259 e. The highest BCUT2D eigenvalue weighted by molar-refractivity contribution is 5.85. The van der Waals surface area contributed by atoms with Gasteiger partial charge in [0.25, 0.3) is 16.7 Å². The Kier molecular flexibility index (Phi) is 14.1. The molecule has 0 spiro atoms. The van der Waals surface area contributed by atoms with Crippen LogP contribution in [0, 0.1) is 20.8 Å². The number of ether oxygens (including phenoxy) is 1. The van der Waals surface area contributed by atoms with E-state index in [2.05, 4.69) is 66.5 Å². The zero-order valence-electron chi connectivity index (χ0n) is 40.1. The Balaban J connectivity index is 0.000000130. The number of aromatic amines is 3. The number of anilines is 3. The number of aromatic nitrogens is 9. The lowest BCUT2D eigenvalue weighted by Gasteiger charge is -2.28. The summed E-state index contributed by atoms with van der Waals surface area (Å²) in [6.45, 7) is 14.0. The van der Waals surface area contributed by atoms with Gasteiger partial charge in [0.1, 0.15) is 17.1 Å². The molecule has 2 aliphatic heterocycles. The molecule has 9 aromatic rings. The number of benzene rings is 3. The van der Waals surface area contributed by atoms with Gasteiger partial charge in [0.05, 0.1) is 45.9 Å². The predicted molar refractivity (Wildman–Crippen MR) is 279 cm³/mol. The van der Waals surface area contributed by atoms with Gasteiger partial charge in [-0.3, -0.25) is 14.4 Å². The maximum atomic E-state index is 12.5. The van der Waals surface area contributed by atoms with Gasteiger partial charge in [0.2, 0.25) is 0 Å². The second-order valence-electron chi connectivity index (χ2n) is 17.6. The fourth-order valence-electron chi connectivity index (χ4n) is 8.66. The highest BCUT2D eigenvalue weighted by Gasteiger charge is 2.17. The maximum absolute atomic E-state index is 12.5. The lowest BCUT2D eigenvalue weighted by Crippen LogP contribution is -2.36. The van der Waals surface area contributed by atoms with Crippen LogP contribution < -0.4 is 31.4 Å². The van der Waals surface area contributed by atoms with E-state index in [0.717, 1.165) is 73.3 Å². The number of aryl methyl sites for hydroxylation is 3. The number of nitrogens with zero attached hydrogens (tertiary/aromatic N) is 9. The standard InChI is InChI=1S/C18H18N4O2.C18H18N4O.C18H20N4O/c1-12-3-2-4-16(19-12)17-20-15-6-5-13(11-14(15)18(23)21-17)22-7-9-24-10-8-22;1-12-5-4-6-16(19-12)17-20-15-8-7-13(22-9-2-3-10-22)11-14(15)18(23)21-17;1-4-10-22(3)13-8-9-15-14(11-13)18(23)21-17(20-15)16-7-5-6-12(2)19-16/h2-6,11H,7-10H2,1H3,(H,20,21,23);4-8,11H,2-3,9-10H2,1H3,(H,20,21,23);5-9,11H,4,10H2,1-3H3,(H,20,21,23). The monoisotopic (exact) mass is 936 g/mol. The molecule has 2 saturated heterocycles. The number of H-pyrrole nitrogens is 3. The van der Waals surface area contributed by atoms with Crippen molar-refractivity contribution in [3.8, 4) is 34.6 Å². The number of pyridine rings is 3. The first-order valence-corrected chi connectivity index (χ1v) is 23.7. The molecule has 6 aromatic heterocycles. The summed E-state index contributed by atoms with van der Waals surface area (Å²) in [5, 5.41) is 1.82. The molecular formula is C54H56N12O4. The Hall–Kier alpha value is -8.11. The van der Waals surface area contributed by atoms with Gasteiger partial charge < -0.3 is 34.4 Å². The molecule has 0 atom stereocenters. The molecule has 11 rings (SSSR count). The quantitative estimate of drug-likeness (QED) is 0.132. The lowest BCUT2D eigenvalue weighted by atomic mass is 10.2. The number of nitrogens with one attached hydrogen (secondary N) is 3. The molecule has 0 aliphatic carbocycles. The van der Waals surface area contributed by atoms with E-state index in [1.807, 2.05) is 137 Å². The molecule has 0 bridgehead atoms. The molecule has 0 amide bonds. The summed E-state index contributed by atoms with van der Waals surface area (Å²) in [6.07, 6.45) is 3.48. The average Bonchev–Trinajstić information content (AvgIpc) is 3.92. The van der Waals surface area contributed by atoms with E-state index in [1.165, 1.54) is 12.8 Å². The minimum Gasteiger partial charge on any atom is -0.378 e. The molecule has 2 fully saturated rings. The molecule has 3 N–H and O–H groups in total. The SMILES string of the molecule is CCCN(C)c1ccc2nc(-c3cccc(C)n3)[nH]c(=O)c2c1.Cc1cccc(-c2nc3ccc(N4CCCC4)cc3c(=O)[nH]2)n1.Cc1cccc(-c2nc3ccc(N4CCOCC4)cc3c(=O)[nH]2)n1. The van der Waals surface area contributed by atoms with Crippen LogP contribution in [0.3, 0.4) is 0 Å². The van der Waals surface area contributed by atoms with Crippen molar-refractivity contribution >= 4 is 49.8 Å². The zero-order chi connectivity index (χ0) is 48.7. The molecule has 2 aliphatic rings. The second-order valence-corrected chi connectivity index (χ2v) is 17.6. The van der Waals surface area contributed by atoms with Crippen molar-refractivity contribution in [1.82, 2.24) is 44.9 Å². The third kappa shape index (κ3) is 10.8. The summed E-state index contributed by atoms with van der Waals surface area (Å²) in [6, 6.07) is 34.5. The van der Waals surface area contributed by atoms with Crippen LogP contribution in [0.4, 0.5) is 17.1 Å². The Labute approximate surface area is 404 Å². The van der Waals surface area contributed by atoms with Crippen LogP contribution in [-0.4, -0.2) is 97.8 Å². The molecule has 356 valence electrons. The van der Waals surface area contributed by atoms with E-state index in [1.54, 1.807) is 0 Å². The van der Waals surface area contributed by atoms with Crippen molar-refractivity contribution in [2.75, 3.05) is 67.7 Å². The van der Waals surface area contributed by atoms with Gasteiger partial charge in [-0.2, -0.15) is 0 Å². The van der Waals surface area contributed by atoms with Gasteiger partial charge in [-0.15, -0.1) is 0 Å². The first-order valence-electron chi connectivity index (χ1n) is 23.7. The van der Waals surface area contributed by atoms with Crippen molar-refractivity contribution in [2.45, 2.75) is 47.0 Å². The zero-order valence-corrected chi connectivity index (χ0v) is 40.1. The fraction of sp³-hybridized carbons (Fsp3) is 0.278. The molecule has 16 nitrogen and oxygen atoms in total. The Bertz CT molecular complexity index is 3500. The van der Waals surface area contributed by atoms with Crippen LogP contribution in [0.5, 0.6) is 0 Å². The van der Waals surface area contributed by atoms with Crippen molar-refractivity contribution < 1.29 is 4.74 Å². The minimum absolute atomic E-state index is 0.116. The molecule has 0 unspecified atom stereocenters. The van der Waals surface area contributed by atoms with Gasteiger partial charge in [-0.1, -0.05) is 25.1 Å². The van der Waals surface area contributed by atoms with Crippen molar-refractivity contribution in [1.29, 1.82) is 0 Å². The van der Waals surface area contributed by atoms with Crippen LogP contribution in [0.1, 0.15) is 43.3 Å². The van der Waals surface area contributed by atoms with Crippen molar-refractivity contribution in [3.63, 3.8) is 0 Å². The van der Waals surface area contributed by atoms with Crippen LogP contribution in [-0.2, 0) is 4.74 Å². The topological polar surface area (TPSA) is 195 Å². The number of hydrogen-bond donors (Lipinski definition) is 3. The third-order valence-corrected chi connectivity index (χ3v) is 12.3. The van der Waals surface area contributed by atoms with Crippen LogP contribution in [0.15, 0.2) is 124 Å². The third-order valence-electron chi connectivity index (χ3n) is 12.3. The van der Waals surface area contributed by atoms with E-state index < -0.39 is 0 Å². The summed E-state index contributed by atoms with van der Waals surface area (Å²) in [5.74, 6) is 1.51. The molecule has 3 aromatic carbocycles. The Morgan fingerprint density at radius 3 is 1.33 bits per heavy atom. The summed E-state index contributed by atoms with van der Waals surface area (Å²) < 4.78 is 5.38. The lowest BCUT2D eigenvalue weighted by molar-refractivity contribution is 0.122. The summed E-state index contributed by atoms with van der Waals surface area (Å²) in [4.78, 5) is 79.7. The molecule has 16 heteroatoms. The summed E-state index contributed by atoms with van der Waals surface area (Å²) >= 11 is 0. The average molecular weight is 937 g/mol. The normalized spacial score (nSPS) is 13.5. The first kappa shape index (κ1) is 47.0. The number of hydrogen-bond acceptors (Lipinski definition) is 13. The smallest absolute Gasteiger partial charge is 0.259 e. The van der Waals surface area contributed by atoms with Gasteiger partial charge in [-0.25, -0.2) is 29.9 Å². The molecular weight excluding hydrogens is 881 g/mol. The van der Waals surface area contributed by atoms with Crippen LogP contribution in [0.25, 0.3) is 67.3 Å². The highest BCUT2D eigenvalue weighted by Crippen LogP contribution is 2.25. The van der Waals surface area contributed by atoms with Gasteiger partial charge in [-0.05, 0) is 131 Å². The Morgan fingerprint density at radius 1 is 0.514 bits per heavy atom. The van der Waals surface area contributed by atoms with Crippen LogP contribution in [0.2, 0.25) is 0 Å². The molecule has 70 heavy (non-hydrogen) atoms. The first-order chi connectivity index (χ1) is 34.0. The van der Waals surface area contributed by atoms with E-state index in [-0.39, 0.29) is 16.7 Å². The fourth-order valence-corrected chi connectivity index (χ4v) is 8.66.